The van der Waals surface area contributed by atoms with E-state index in [4.69, 9.17) is 9.57 Å². The van der Waals surface area contributed by atoms with Gasteiger partial charge in [0.15, 0.2) is 0 Å². The van der Waals surface area contributed by atoms with Crippen LogP contribution in [0.2, 0.25) is 0 Å². The van der Waals surface area contributed by atoms with Gasteiger partial charge in [0, 0.05) is 0 Å². The van der Waals surface area contributed by atoms with Crippen LogP contribution in [-0.2, 0) is 20.9 Å². The van der Waals surface area contributed by atoms with Crippen molar-refractivity contribution in [1.82, 2.24) is 5.06 Å². The Morgan fingerprint density at radius 2 is 1.71 bits per heavy atom. The summed E-state index contributed by atoms with van der Waals surface area (Å²) in [4.78, 5) is 18.4. The molecule has 1 heterocycles. The first-order valence-corrected chi connectivity index (χ1v) is 8.12. The van der Waals surface area contributed by atoms with Gasteiger partial charge in [-0.15, -0.1) is 5.06 Å². The van der Waals surface area contributed by atoms with Crippen molar-refractivity contribution >= 4 is 5.97 Å². The Morgan fingerprint density at radius 3 is 2.33 bits per heavy atom. The third-order valence-electron chi connectivity index (χ3n) is 3.99. The molecule has 2 aromatic rings. The van der Waals surface area contributed by atoms with Crippen molar-refractivity contribution < 1.29 is 14.4 Å². The summed E-state index contributed by atoms with van der Waals surface area (Å²) in [5.74, 6) is 0.276. The molecule has 0 radical (unpaired) electrons. The minimum Gasteiger partial charge on any atom is -0.462 e. The van der Waals surface area contributed by atoms with E-state index >= 15 is 0 Å². The molecule has 3 rings (SSSR count). The summed E-state index contributed by atoms with van der Waals surface area (Å²) in [6.45, 7) is 4.55. The van der Waals surface area contributed by atoms with E-state index < -0.39 is 0 Å². The highest BCUT2D eigenvalue weighted by Crippen LogP contribution is 2.39. The molecule has 0 bridgehead atoms. The molecular weight excluding hydrogens is 302 g/mol. The van der Waals surface area contributed by atoms with Gasteiger partial charge in [0.2, 0.25) is 0 Å². The minimum absolute atomic E-state index is 0.273. The second kappa shape index (κ2) is 7.32. The fraction of sp³-hybridized carbons (Fsp3) is 0.250. The molecule has 1 unspecified atom stereocenters. The number of nitrogens with zero attached hydrogens (tertiary/aromatic N) is 1. The molecule has 1 aliphatic heterocycles. The maximum Gasteiger partial charge on any atom is 0.339 e. The van der Waals surface area contributed by atoms with Gasteiger partial charge in [0.1, 0.15) is 17.4 Å². The molecule has 1 atom stereocenters. The molecule has 24 heavy (non-hydrogen) atoms. The summed E-state index contributed by atoms with van der Waals surface area (Å²) in [7, 11) is 0. The smallest absolute Gasteiger partial charge is 0.339 e. The number of hydrogen-bond donors (Lipinski definition) is 0. The standard InChI is InChI=1S/C20H21NO3/c1-3-23-20(22)18-15(2)24-21(14-16-10-6-4-7-11-16)19(18)17-12-8-5-9-13-17/h4-13,19H,3,14H2,1-2H3. The number of esters is 1. The lowest BCUT2D eigenvalue weighted by atomic mass is 9.98. The molecule has 4 heteroatoms. The average Bonchev–Trinajstić information content (AvgIpc) is 2.93. The van der Waals surface area contributed by atoms with Crippen LogP contribution in [0.25, 0.3) is 0 Å². The van der Waals surface area contributed by atoms with Gasteiger partial charge >= 0.3 is 5.97 Å². The summed E-state index contributed by atoms with van der Waals surface area (Å²) in [6, 6.07) is 19.7. The zero-order valence-electron chi connectivity index (χ0n) is 13.9. The molecule has 4 nitrogen and oxygen atoms in total. The van der Waals surface area contributed by atoms with Crippen LogP contribution >= 0.6 is 0 Å². The molecule has 0 spiro atoms. The van der Waals surface area contributed by atoms with Crippen LogP contribution in [0.4, 0.5) is 0 Å². The highest BCUT2D eigenvalue weighted by Gasteiger charge is 2.39. The van der Waals surface area contributed by atoms with E-state index in [0.717, 1.165) is 11.1 Å². The van der Waals surface area contributed by atoms with E-state index in [2.05, 4.69) is 0 Å². The predicted octanol–water partition coefficient (Wildman–Crippen LogP) is 4.01. The number of hydroxylamine groups is 2. The first-order valence-electron chi connectivity index (χ1n) is 8.12. The molecule has 0 aliphatic carbocycles. The first-order chi connectivity index (χ1) is 11.7. The van der Waals surface area contributed by atoms with Crippen LogP contribution in [0.3, 0.4) is 0 Å². The summed E-state index contributed by atoms with van der Waals surface area (Å²) in [5, 5.41) is 1.84. The summed E-state index contributed by atoms with van der Waals surface area (Å²) in [6.07, 6.45) is 0. The lowest BCUT2D eigenvalue weighted by Crippen LogP contribution is -2.26. The molecule has 0 amide bonds. The molecule has 0 fully saturated rings. The molecule has 0 saturated carbocycles. The second-order valence-electron chi connectivity index (χ2n) is 5.66. The Hall–Kier alpha value is -2.59. The number of rotatable bonds is 5. The second-order valence-corrected chi connectivity index (χ2v) is 5.66. The molecule has 0 aromatic heterocycles. The number of hydrogen-bond acceptors (Lipinski definition) is 4. The van der Waals surface area contributed by atoms with Gasteiger partial charge in [-0.1, -0.05) is 60.7 Å². The van der Waals surface area contributed by atoms with Crippen molar-refractivity contribution in [1.29, 1.82) is 0 Å². The summed E-state index contributed by atoms with van der Waals surface area (Å²) in [5.41, 5.74) is 2.70. The fourth-order valence-electron chi connectivity index (χ4n) is 2.93. The van der Waals surface area contributed by atoms with E-state index in [0.29, 0.717) is 24.5 Å². The monoisotopic (exact) mass is 323 g/mol. The van der Waals surface area contributed by atoms with Gasteiger partial charge in [-0.2, -0.15) is 0 Å². The number of benzene rings is 2. The molecule has 2 aromatic carbocycles. The van der Waals surface area contributed by atoms with Crippen molar-refractivity contribution in [3.8, 4) is 0 Å². The van der Waals surface area contributed by atoms with Crippen molar-refractivity contribution in [2.24, 2.45) is 0 Å². The highest BCUT2D eigenvalue weighted by molar-refractivity contribution is 5.91. The van der Waals surface area contributed by atoms with Crippen LogP contribution in [0, 0.1) is 0 Å². The number of carbonyl (C=O) groups is 1. The normalized spacial score (nSPS) is 17.7. The molecule has 0 saturated heterocycles. The largest absolute Gasteiger partial charge is 0.462 e. The van der Waals surface area contributed by atoms with E-state index in [1.165, 1.54) is 0 Å². The third-order valence-corrected chi connectivity index (χ3v) is 3.99. The van der Waals surface area contributed by atoms with E-state index in [-0.39, 0.29) is 12.0 Å². The quantitative estimate of drug-likeness (QED) is 0.779. The van der Waals surface area contributed by atoms with E-state index in [1.807, 2.05) is 79.6 Å². The number of allylic oxidation sites excluding steroid dienone is 1. The topological polar surface area (TPSA) is 38.8 Å². The Labute approximate surface area is 142 Å². The van der Waals surface area contributed by atoms with E-state index in [9.17, 15) is 4.79 Å². The highest BCUT2D eigenvalue weighted by atomic mass is 16.7. The van der Waals surface area contributed by atoms with Crippen molar-refractivity contribution in [3.05, 3.63) is 83.1 Å². The first kappa shape index (κ1) is 16.3. The Kier molecular flexibility index (Phi) is 4.96. The Balaban J connectivity index is 1.94. The fourth-order valence-corrected chi connectivity index (χ4v) is 2.93. The molecule has 1 aliphatic rings. The third kappa shape index (κ3) is 3.34. The zero-order chi connectivity index (χ0) is 16.9. The van der Waals surface area contributed by atoms with Crippen molar-refractivity contribution in [2.45, 2.75) is 26.4 Å². The van der Waals surface area contributed by atoms with Crippen LogP contribution in [0.15, 0.2) is 72.0 Å². The molecule has 124 valence electrons. The van der Waals surface area contributed by atoms with Crippen LogP contribution in [-0.4, -0.2) is 17.6 Å². The lowest BCUT2D eigenvalue weighted by Gasteiger charge is -2.24. The summed E-state index contributed by atoms with van der Waals surface area (Å²) >= 11 is 0. The van der Waals surface area contributed by atoms with Crippen LogP contribution in [0.1, 0.15) is 31.0 Å². The maximum absolute atomic E-state index is 12.5. The predicted molar refractivity (Wildman–Crippen MR) is 91.6 cm³/mol. The molecular formula is C20H21NO3. The van der Waals surface area contributed by atoms with Gasteiger partial charge in [0.05, 0.1) is 13.2 Å². The number of ether oxygens (including phenoxy) is 1. The Bertz CT molecular complexity index is 725. The number of carbonyl (C=O) groups excluding carboxylic acids is 1. The van der Waals surface area contributed by atoms with Gasteiger partial charge in [-0.25, -0.2) is 4.79 Å². The van der Waals surface area contributed by atoms with Gasteiger partial charge in [-0.05, 0) is 25.0 Å². The van der Waals surface area contributed by atoms with Gasteiger partial charge in [0.25, 0.3) is 0 Å². The SMILES string of the molecule is CCOC(=O)C1=C(C)ON(Cc2ccccc2)C1c1ccccc1. The van der Waals surface area contributed by atoms with E-state index in [1.54, 1.807) is 0 Å². The molecule has 0 N–H and O–H groups in total. The maximum atomic E-state index is 12.5. The van der Waals surface area contributed by atoms with Crippen molar-refractivity contribution in [3.63, 3.8) is 0 Å². The summed E-state index contributed by atoms with van der Waals surface area (Å²) < 4.78 is 5.24. The average molecular weight is 323 g/mol. The minimum atomic E-state index is -0.320. The van der Waals surface area contributed by atoms with Gasteiger partial charge in [-0.3, -0.25) is 0 Å². The van der Waals surface area contributed by atoms with Crippen LogP contribution < -0.4 is 0 Å². The van der Waals surface area contributed by atoms with Crippen LogP contribution in [0.5, 0.6) is 0 Å². The zero-order valence-corrected chi connectivity index (χ0v) is 13.9. The van der Waals surface area contributed by atoms with Crippen molar-refractivity contribution in [2.75, 3.05) is 6.61 Å². The Morgan fingerprint density at radius 1 is 1.08 bits per heavy atom. The van der Waals surface area contributed by atoms with Gasteiger partial charge < -0.3 is 9.57 Å². The lowest BCUT2D eigenvalue weighted by molar-refractivity contribution is -0.141.